The SMILES string of the molecule is C=CC(=CC(=CCOC)OC)C(=O)C=Cc1cc(-c2cc(OC)c(OC)c(OC)c2)n[nH]1. The van der Waals surface area contributed by atoms with E-state index in [-0.39, 0.29) is 5.78 Å². The summed E-state index contributed by atoms with van der Waals surface area (Å²) in [5, 5.41) is 7.21. The Labute approximate surface area is 187 Å². The van der Waals surface area contributed by atoms with Gasteiger partial charge < -0.3 is 23.7 Å². The smallest absolute Gasteiger partial charge is 0.203 e. The van der Waals surface area contributed by atoms with Crippen molar-refractivity contribution in [3.63, 3.8) is 0 Å². The van der Waals surface area contributed by atoms with Crippen molar-refractivity contribution in [2.75, 3.05) is 42.2 Å². The normalized spacial score (nSPS) is 12.0. The fourth-order valence-electron chi connectivity index (χ4n) is 2.81. The summed E-state index contributed by atoms with van der Waals surface area (Å²) in [6, 6.07) is 5.40. The van der Waals surface area contributed by atoms with Gasteiger partial charge in [-0.3, -0.25) is 9.89 Å². The Balaban J connectivity index is 2.26. The standard InChI is InChI=1S/C24H28N2O6/c1-7-16(12-19(29-3)10-11-28-2)21(27)9-8-18-15-20(26-25-18)17-13-22(30-4)24(32-6)23(14-17)31-5/h7-10,12-15H,1,11H2,2-6H3,(H,25,26). The number of allylic oxidation sites excluding steroid dienone is 4. The van der Waals surface area contributed by atoms with Crippen LogP contribution in [0.3, 0.4) is 0 Å². The van der Waals surface area contributed by atoms with Crippen molar-refractivity contribution in [3.05, 3.63) is 66.1 Å². The van der Waals surface area contributed by atoms with Crippen molar-refractivity contribution in [2.45, 2.75) is 0 Å². The summed E-state index contributed by atoms with van der Waals surface area (Å²) in [5.41, 5.74) is 2.45. The number of carbonyl (C=O) groups excluding carboxylic acids is 1. The third-order valence-electron chi connectivity index (χ3n) is 4.46. The molecule has 0 saturated heterocycles. The van der Waals surface area contributed by atoms with Gasteiger partial charge in [-0.05, 0) is 42.5 Å². The molecule has 1 aromatic carbocycles. The summed E-state index contributed by atoms with van der Waals surface area (Å²) in [5.74, 6) is 1.82. The van der Waals surface area contributed by atoms with E-state index in [1.807, 2.05) is 0 Å². The van der Waals surface area contributed by atoms with Crippen molar-refractivity contribution in [3.8, 4) is 28.5 Å². The van der Waals surface area contributed by atoms with Crippen LogP contribution in [0.5, 0.6) is 17.2 Å². The third-order valence-corrected chi connectivity index (χ3v) is 4.46. The monoisotopic (exact) mass is 440 g/mol. The molecule has 0 aliphatic carbocycles. The Morgan fingerprint density at radius 2 is 1.75 bits per heavy atom. The molecular weight excluding hydrogens is 412 g/mol. The molecule has 0 atom stereocenters. The molecule has 0 spiro atoms. The fraction of sp³-hybridized carbons (Fsp3) is 0.250. The first-order valence-electron chi connectivity index (χ1n) is 9.66. The maximum absolute atomic E-state index is 12.6. The highest BCUT2D eigenvalue weighted by Crippen LogP contribution is 2.40. The second kappa shape index (κ2) is 12.2. The van der Waals surface area contributed by atoms with Gasteiger partial charge in [-0.25, -0.2) is 0 Å². The highest BCUT2D eigenvalue weighted by molar-refractivity contribution is 6.08. The average molecular weight is 440 g/mol. The van der Waals surface area contributed by atoms with Crippen molar-refractivity contribution in [2.24, 2.45) is 0 Å². The Kier molecular flexibility index (Phi) is 9.31. The van der Waals surface area contributed by atoms with Gasteiger partial charge in [0.1, 0.15) is 5.76 Å². The van der Waals surface area contributed by atoms with Crippen LogP contribution in [0.15, 0.2) is 60.4 Å². The molecule has 1 heterocycles. The number of methoxy groups -OCH3 is 5. The molecular formula is C24H28N2O6. The number of ketones is 1. The minimum Gasteiger partial charge on any atom is -0.497 e. The minimum atomic E-state index is -0.232. The number of aromatic nitrogens is 2. The van der Waals surface area contributed by atoms with Gasteiger partial charge in [-0.2, -0.15) is 5.10 Å². The number of nitrogens with zero attached hydrogens (tertiary/aromatic N) is 1. The van der Waals surface area contributed by atoms with E-state index in [4.69, 9.17) is 23.7 Å². The number of rotatable bonds is 12. The van der Waals surface area contributed by atoms with E-state index in [1.165, 1.54) is 19.3 Å². The summed E-state index contributed by atoms with van der Waals surface area (Å²) < 4.78 is 26.4. The van der Waals surface area contributed by atoms with Crippen LogP contribution in [-0.2, 0) is 14.3 Å². The van der Waals surface area contributed by atoms with Crippen LogP contribution < -0.4 is 14.2 Å². The maximum Gasteiger partial charge on any atom is 0.203 e. The molecule has 2 aromatic rings. The predicted octanol–water partition coefficient (Wildman–Crippen LogP) is 3.97. The quantitative estimate of drug-likeness (QED) is 0.303. The van der Waals surface area contributed by atoms with Crippen molar-refractivity contribution < 1.29 is 28.5 Å². The molecule has 0 amide bonds. The number of nitrogens with one attached hydrogen (secondary N) is 1. The molecule has 0 aliphatic rings. The van der Waals surface area contributed by atoms with E-state index < -0.39 is 0 Å². The lowest BCUT2D eigenvalue weighted by molar-refractivity contribution is -0.111. The first kappa shape index (κ1) is 24.5. The van der Waals surface area contributed by atoms with Crippen LogP contribution in [0, 0.1) is 0 Å². The molecule has 1 N–H and O–H groups in total. The van der Waals surface area contributed by atoms with Crippen molar-refractivity contribution in [1.29, 1.82) is 0 Å². The highest BCUT2D eigenvalue weighted by Gasteiger charge is 2.15. The first-order chi connectivity index (χ1) is 15.5. The van der Waals surface area contributed by atoms with E-state index in [2.05, 4.69) is 16.8 Å². The van der Waals surface area contributed by atoms with Gasteiger partial charge in [0, 0.05) is 18.2 Å². The van der Waals surface area contributed by atoms with Crippen LogP contribution in [0.2, 0.25) is 0 Å². The number of ether oxygens (including phenoxy) is 5. The first-order valence-corrected chi connectivity index (χ1v) is 9.66. The molecule has 8 heteroatoms. The number of hydrogen-bond acceptors (Lipinski definition) is 7. The average Bonchev–Trinajstić information content (AvgIpc) is 3.30. The molecule has 0 unspecified atom stereocenters. The molecule has 1 aromatic heterocycles. The Morgan fingerprint density at radius 1 is 1.06 bits per heavy atom. The summed E-state index contributed by atoms with van der Waals surface area (Å²) in [6.45, 7) is 4.07. The summed E-state index contributed by atoms with van der Waals surface area (Å²) >= 11 is 0. The van der Waals surface area contributed by atoms with Gasteiger partial charge in [0.15, 0.2) is 17.3 Å². The molecule has 2 rings (SSSR count). The number of aromatic amines is 1. The number of benzene rings is 1. The molecule has 170 valence electrons. The highest BCUT2D eigenvalue weighted by atomic mass is 16.5. The third kappa shape index (κ3) is 6.12. The second-order valence-electron chi connectivity index (χ2n) is 6.39. The Morgan fingerprint density at radius 3 is 2.28 bits per heavy atom. The molecule has 0 radical (unpaired) electrons. The lowest BCUT2D eigenvalue weighted by Gasteiger charge is -2.13. The Hall–Kier alpha value is -3.78. The zero-order valence-electron chi connectivity index (χ0n) is 18.9. The number of hydrogen-bond donors (Lipinski definition) is 1. The zero-order chi connectivity index (χ0) is 23.5. The molecule has 0 saturated carbocycles. The largest absolute Gasteiger partial charge is 0.497 e. The number of carbonyl (C=O) groups is 1. The zero-order valence-corrected chi connectivity index (χ0v) is 18.9. The minimum absolute atomic E-state index is 0.232. The lowest BCUT2D eigenvalue weighted by atomic mass is 10.1. The summed E-state index contributed by atoms with van der Waals surface area (Å²) in [6.07, 6.45) is 7.87. The van der Waals surface area contributed by atoms with E-state index in [0.29, 0.717) is 46.6 Å². The van der Waals surface area contributed by atoms with E-state index >= 15 is 0 Å². The van der Waals surface area contributed by atoms with Gasteiger partial charge in [0.05, 0.1) is 46.4 Å². The molecule has 0 bridgehead atoms. The lowest BCUT2D eigenvalue weighted by Crippen LogP contribution is -1.98. The Bertz CT molecular complexity index is 1010. The van der Waals surface area contributed by atoms with Crippen LogP contribution in [0.4, 0.5) is 0 Å². The molecule has 32 heavy (non-hydrogen) atoms. The van der Waals surface area contributed by atoms with E-state index in [9.17, 15) is 4.79 Å². The molecule has 0 aliphatic heterocycles. The molecule has 0 fully saturated rings. The molecule has 8 nitrogen and oxygen atoms in total. The second-order valence-corrected chi connectivity index (χ2v) is 6.39. The van der Waals surface area contributed by atoms with Gasteiger partial charge in [0.2, 0.25) is 5.75 Å². The van der Waals surface area contributed by atoms with Crippen LogP contribution in [0.25, 0.3) is 17.3 Å². The van der Waals surface area contributed by atoms with E-state index in [0.717, 1.165) is 5.56 Å². The predicted molar refractivity (Wildman–Crippen MR) is 123 cm³/mol. The van der Waals surface area contributed by atoms with Gasteiger partial charge in [0.25, 0.3) is 0 Å². The summed E-state index contributed by atoms with van der Waals surface area (Å²) in [4.78, 5) is 12.6. The van der Waals surface area contributed by atoms with Crippen LogP contribution in [-0.4, -0.2) is 58.1 Å². The fourth-order valence-corrected chi connectivity index (χ4v) is 2.81. The van der Waals surface area contributed by atoms with E-state index in [1.54, 1.807) is 64.9 Å². The van der Waals surface area contributed by atoms with Gasteiger partial charge >= 0.3 is 0 Å². The van der Waals surface area contributed by atoms with Crippen LogP contribution >= 0.6 is 0 Å². The van der Waals surface area contributed by atoms with Gasteiger partial charge in [-0.1, -0.05) is 12.7 Å². The summed E-state index contributed by atoms with van der Waals surface area (Å²) in [7, 11) is 7.75. The van der Waals surface area contributed by atoms with Crippen molar-refractivity contribution >= 4 is 11.9 Å². The van der Waals surface area contributed by atoms with Crippen LogP contribution in [0.1, 0.15) is 5.69 Å². The van der Waals surface area contributed by atoms with Gasteiger partial charge in [-0.15, -0.1) is 0 Å². The topological polar surface area (TPSA) is 91.9 Å². The van der Waals surface area contributed by atoms with Crippen molar-refractivity contribution in [1.82, 2.24) is 10.2 Å². The maximum atomic E-state index is 12.6. The number of H-pyrrole nitrogens is 1.